The van der Waals surface area contributed by atoms with Crippen LogP contribution in [0.2, 0.25) is 0 Å². The maximum Gasteiger partial charge on any atom is 0.246 e. The minimum absolute atomic E-state index is 0.0110. The van der Waals surface area contributed by atoms with Crippen LogP contribution in [0.1, 0.15) is 51.5 Å². The first-order valence-corrected chi connectivity index (χ1v) is 10.3. The van der Waals surface area contributed by atoms with Crippen LogP contribution >= 0.6 is 0 Å². The van der Waals surface area contributed by atoms with Crippen molar-refractivity contribution in [1.29, 1.82) is 0 Å². The Labute approximate surface area is 168 Å². The molecule has 0 bridgehead atoms. The third kappa shape index (κ3) is 6.84. The molecule has 2 aliphatic rings. The molecule has 4 heteroatoms. The first-order chi connectivity index (χ1) is 13.6. The molecule has 3 rings (SSSR count). The van der Waals surface area contributed by atoms with Crippen molar-refractivity contribution >= 4 is 0 Å². The van der Waals surface area contributed by atoms with Crippen molar-refractivity contribution in [2.24, 2.45) is 0 Å². The lowest BCUT2D eigenvalue weighted by Gasteiger charge is -2.22. The van der Waals surface area contributed by atoms with Crippen LogP contribution in [0, 0.1) is 0 Å². The number of aryl methyl sites for hydroxylation is 1. The summed E-state index contributed by atoms with van der Waals surface area (Å²) in [4.78, 5) is 0. The fraction of sp³-hybridized carbons (Fsp3) is 0.500. The van der Waals surface area contributed by atoms with Crippen LogP contribution in [0.25, 0.3) is 0 Å². The fourth-order valence-electron chi connectivity index (χ4n) is 3.26. The summed E-state index contributed by atoms with van der Waals surface area (Å²) >= 11 is 0. The van der Waals surface area contributed by atoms with Crippen molar-refractivity contribution in [2.45, 2.75) is 64.4 Å². The molecular weight excluding hydrogens is 352 g/mol. The Morgan fingerprint density at radius 1 is 1.00 bits per heavy atom. The maximum absolute atomic E-state index is 5.79. The monoisotopic (exact) mass is 384 g/mol. The zero-order chi connectivity index (χ0) is 19.7. The smallest absolute Gasteiger partial charge is 0.246 e. The summed E-state index contributed by atoms with van der Waals surface area (Å²) in [5, 5.41) is 0. The number of allylic oxidation sites excluding steroid dienone is 5. The van der Waals surface area contributed by atoms with E-state index in [1.807, 2.05) is 19.9 Å². The molecule has 0 saturated carbocycles. The van der Waals surface area contributed by atoms with Gasteiger partial charge in [0.25, 0.3) is 0 Å². The fourth-order valence-corrected chi connectivity index (χ4v) is 3.26. The second kappa shape index (κ2) is 10.5. The van der Waals surface area contributed by atoms with Gasteiger partial charge in [-0.25, -0.2) is 0 Å². The molecule has 2 heterocycles. The van der Waals surface area contributed by atoms with Gasteiger partial charge in [0.2, 0.25) is 5.79 Å². The average Bonchev–Trinajstić information content (AvgIpc) is 3.00. The van der Waals surface area contributed by atoms with Crippen LogP contribution in [0.5, 0.6) is 11.5 Å². The maximum atomic E-state index is 5.79. The van der Waals surface area contributed by atoms with E-state index in [0.717, 1.165) is 56.8 Å². The Hall–Kier alpha value is -2.04. The molecule has 0 spiro atoms. The molecule has 0 aromatic heterocycles. The van der Waals surface area contributed by atoms with Gasteiger partial charge in [-0.2, -0.15) is 0 Å². The number of hydrogen-bond acceptors (Lipinski definition) is 4. The largest absolute Gasteiger partial charge is 0.449 e. The molecule has 0 radical (unpaired) electrons. The minimum atomic E-state index is -0.561. The molecule has 1 aromatic carbocycles. The van der Waals surface area contributed by atoms with Gasteiger partial charge < -0.3 is 18.9 Å². The highest BCUT2D eigenvalue weighted by molar-refractivity contribution is 5.45. The van der Waals surface area contributed by atoms with Gasteiger partial charge in [-0.1, -0.05) is 42.5 Å². The Morgan fingerprint density at radius 2 is 1.79 bits per heavy atom. The highest BCUT2D eigenvalue weighted by Gasteiger charge is 2.31. The molecule has 1 aromatic rings. The third-order valence-electron chi connectivity index (χ3n) is 4.65. The van der Waals surface area contributed by atoms with E-state index < -0.39 is 5.79 Å². The Bertz CT molecular complexity index is 697. The predicted octanol–water partition coefficient (Wildman–Crippen LogP) is 5.73. The van der Waals surface area contributed by atoms with E-state index in [2.05, 4.69) is 48.6 Å². The highest BCUT2D eigenvalue weighted by atomic mass is 16.7. The first kappa shape index (κ1) is 20.7. The summed E-state index contributed by atoms with van der Waals surface area (Å²) in [6.07, 6.45) is 18.9. The molecule has 152 valence electrons. The number of fused-ring (bicyclic) bond motifs is 1. The van der Waals surface area contributed by atoms with E-state index in [4.69, 9.17) is 18.9 Å². The van der Waals surface area contributed by atoms with E-state index in [1.165, 1.54) is 12.0 Å². The number of benzene rings is 1. The van der Waals surface area contributed by atoms with Gasteiger partial charge in [0.15, 0.2) is 17.8 Å². The average molecular weight is 385 g/mol. The van der Waals surface area contributed by atoms with E-state index in [9.17, 15) is 0 Å². The van der Waals surface area contributed by atoms with Crippen molar-refractivity contribution in [1.82, 2.24) is 0 Å². The summed E-state index contributed by atoms with van der Waals surface area (Å²) in [5.74, 6) is 1.11. The van der Waals surface area contributed by atoms with Crippen molar-refractivity contribution in [3.8, 4) is 11.5 Å². The van der Waals surface area contributed by atoms with Crippen LogP contribution in [0.4, 0.5) is 0 Å². The lowest BCUT2D eigenvalue weighted by atomic mass is 10.1. The van der Waals surface area contributed by atoms with Gasteiger partial charge in [0.1, 0.15) is 0 Å². The van der Waals surface area contributed by atoms with E-state index in [0.29, 0.717) is 0 Å². The van der Waals surface area contributed by atoms with Crippen LogP contribution in [0.3, 0.4) is 0 Å². The molecule has 0 aliphatic carbocycles. The van der Waals surface area contributed by atoms with Gasteiger partial charge in [0, 0.05) is 20.5 Å². The molecule has 1 fully saturated rings. The molecular formula is C24H32O4. The van der Waals surface area contributed by atoms with Crippen molar-refractivity contribution < 1.29 is 18.9 Å². The molecule has 4 nitrogen and oxygen atoms in total. The van der Waals surface area contributed by atoms with Crippen LogP contribution < -0.4 is 9.47 Å². The van der Waals surface area contributed by atoms with Crippen molar-refractivity contribution in [3.63, 3.8) is 0 Å². The highest BCUT2D eigenvalue weighted by Crippen LogP contribution is 2.39. The number of rotatable bonds is 9. The first-order valence-electron chi connectivity index (χ1n) is 10.3. The summed E-state index contributed by atoms with van der Waals surface area (Å²) in [6, 6.07) is 6.19. The van der Waals surface area contributed by atoms with Gasteiger partial charge in [-0.05, 0) is 56.2 Å². The minimum Gasteiger partial charge on any atom is -0.449 e. The van der Waals surface area contributed by atoms with Crippen LogP contribution in [0.15, 0.2) is 54.7 Å². The van der Waals surface area contributed by atoms with E-state index in [1.54, 1.807) is 0 Å². The third-order valence-corrected chi connectivity index (χ3v) is 4.65. The number of hydrogen-bond donors (Lipinski definition) is 0. The van der Waals surface area contributed by atoms with Gasteiger partial charge in [0.05, 0.1) is 6.61 Å². The standard InChI is InChI=1S/C24H32O4/c1-24(2)27-21-16-15-20(19-22(21)28-24)13-9-7-5-3-4-6-8-11-17-25-23-14-10-12-18-26-23/h3-8,15-16,19,23H,9-14,17-18H2,1-2H3/b4-3+,7-5+,8-6+. The van der Waals surface area contributed by atoms with Crippen molar-refractivity contribution in [2.75, 3.05) is 13.2 Å². The predicted molar refractivity (Wildman–Crippen MR) is 112 cm³/mol. The lowest BCUT2D eigenvalue weighted by Crippen LogP contribution is -2.29. The molecule has 1 unspecified atom stereocenters. The Balaban J connectivity index is 1.27. The topological polar surface area (TPSA) is 36.9 Å². The Morgan fingerprint density at radius 3 is 2.57 bits per heavy atom. The number of ether oxygens (including phenoxy) is 4. The molecule has 0 N–H and O–H groups in total. The Kier molecular flexibility index (Phi) is 7.75. The molecule has 0 amide bonds. The lowest BCUT2D eigenvalue weighted by molar-refractivity contribution is -0.161. The molecule has 1 atom stereocenters. The summed E-state index contributed by atoms with van der Waals surface area (Å²) in [7, 11) is 0. The van der Waals surface area contributed by atoms with Crippen LogP contribution in [-0.2, 0) is 15.9 Å². The zero-order valence-electron chi connectivity index (χ0n) is 17.1. The van der Waals surface area contributed by atoms with Crippen molar-refractivity contribution in [3.05, 3.63) is 60.2 Å². The summed E-state index contributed by atoms with van der Waals surface area (Å²) in [6.45, 7) is 5.41. The van der Waals surface area contributed by atoms with Gasteiger partial charge in [-0.3, -0.25) is 0 Å². The van der Waals surface area contributed by atoms with E-state index >= 15 is 0 Å². The van der Waals surface area contributed by atoms with Gasteiger partial charge in [-0.15, -0.1) is 0 Å². The van der Waals surface area contributed by atoms with E-state index in [-0.39, 0.29) is 6.29 Å². The van der Waals surface area contributed by atoms with Crippen LogP contribution in [-0.4, -0.2) is 25.3 Å². The van der Waals surface area contributed by atoms with Gasteiger partial charge >= 0.3 is 0 Å². The summed E-state index contributed by atoms with van der Waals surface area (Å²) in [5.41, 5.74) is 1.26. The second-order valence-electron chi connectivity index (χ2n) is 7.62. The normalized spacial score (nSPS) is 21.3. The second-order valence-corrected chi connectivity index (χ2v) is 7.62. The SMILES string of the molecule is CC1(C)Oc2ccc(CC/C=C/C=C/C=C/CCOC3CCCCO3)cc2O1. The quantitative estimate of drug-likeness (QED) is 0.402. The summed E-state index contributed by atoms with van der Waals surface area (Å²) < 4.78 is 22.7. The zero-order valence-corrected chi connectivity index (χ0v) is 17.1. The molecule has 1 saturated heterocycles. The molecule has 28 heavy (non-hydrogen) atoms. The molecule has 2 aliphatic heterocycles.